The Bertz CT molecular complexity index is 788. The Morgan fingerprint density at radius 1 is 1.22 bits per heavy atom. The number of carbonyl (C=O) groups is 2. The van der Waals surface area contributed by atoms with Crippen molar-refractivity contribution in [2.75, 3.05) is 10.2 Å². The molecule has 3 rings (SSSR count). The van der Waals surface area contributed by atoms with Gasteiger partial charge in [0.1, 0.15) is 6.04 Å². The van der Waals surface area contributed by atoms with E-state index in [2.05, 4.69) is 5.32 Å². The van der Waals surface area contributed by atoms with Crippen LogP contribution in [0.3, 0.4) is 0 Å². The third-order valence-corrected chi connectivity index (χ3v) is 4.30. The summed E-state index contributed by atoms with van der Waals surface area (Å²) in [7, 11) is 0. The first-order valence-corrected chi connectivity index (χ1v) is 7.80. The summed E-state index contributed by atoms with van der Waals surface area (Å²) in [6, 6.07) is 12.4. The first-order valence-electron chi connectivity index (χ1n) is 7.42. The van der Waals surface area contributed by atoms with E-state index in [0.717, 1.165) is 16.8 Å². The highest BCUT2D eigenvalue weighted by molar-refractivity contribution is 6.30. The lowest BCUT2D eigenvalue weighted by Gasteiger charge is -2.23. The molecule has 2 aromatic carbocycles. The Kier molecular flexibility index (Phi) is 4.09. The van der Waals surface area contributed by atoms with Gasteiger partial charge in [-0.05, 0) is 42.3 Å². The second kappa shape index (κ2) is 6.05. The maximum atomic E-state index is 12.7. The van der Waals surface area contributed by atoms with Gasteiger partial charge in [-0.25, -0.2) is 0 Å². The van der Waals surface area contributed by atoms with Crippen molar-refractivity contribution in [2.45, 2.75) is 26.3 Å². The van der Waals surface area contributed by atoms with Crippen molar-refractivity contribution in [3.63, 3.8) is 0 Å². The Balaban J connectivity index is 1.86. The molecule has 0 aromatic heterocycles. The molecule has 1 heterocycles. The zero-order valence-electron chi connectivity index (χ0n) is 13.0. The molecule has 1 aliphatic rings. The second-order valence-corrected chi connectivity index (χ2v) is 6.12. The SMILES string of the molecule is CC(=O)N1c2ccccc2CC1C(=O)Nc1ccc(Cl)cc1C. The number of nitrogens with one attached hydrogen (secondary N) is 1. The number of hydrogen-bond acceptors (Lipinski definition) is 2. The van der Waals surface area contributed by atoms with Crippen LogP contribution in [0.5, 0.6) is 0 Å². The van der Waals surface area contributed by atoms with Crippen LogP contribution in [0.4, 0.5) is 11.4 Å². The van der Waals surface area contributed by atoms with Crippen LogP contribution in [0.25, 0.3) is 0 Å². The van der Waals surface area contributed by atoms with Crippen molar-refractivity contribution in [1.82, 2.24) is 0 Å². The second-order valence-electron chi connectivity index (χ2n) is 5.69. The molecule has 0 saturated carbocycles. The molecule has 0 bridgehead atoms. The maximum absolute atomic E-state index is 12.7. The Morgan fingerprint density at radius 2 is 1.96 bits per heavy atom. The number of para-hydroxylation sites is 1. The molecule has 0 fully saturated rings. The summed E-state index contributed by atoms with van der Waals surface area (Å²) in [6.45, 7) is 3.36. The number of benzene rings is 2. The molecule has 5 heteroatoms. The Hall–Kier alpha value is -2.33. The number of hydrogen-bond donors (Lipinski definition) is 1. The number of fused-ring (bicyclic) bond motifs is 1. The van der Waals surface area contributed by atoms with E-state index in [0.29, 0.717) is 17.1 Å². The molecule has 4 nitrogen and oxygen atoms in total. The van der Waals surface area contributed by atoms with Gasteiger partial charge in [0.05, 0.1) is 0 Å². The summed E-state index contributed by atoms with van der Waals surface area (Å²) >= 11 is 5.94. The van der Waals surface area contributed by atoms with Crippen molar-refractivity contribution in [3.8, 4) is 0 Å². The molecule has 1 N–H and O–H groups in total. The van der Waals surface area contributed by atoms with Gasteiger partial charge in [-0.15, -0.1) is 0 Å². The smallest absolute Gasteiger partial charge is 0.247 e. The molecule has 0 saturated heterocycles. The fourth-order valence-corrected chi connectivity index (χ4v) is 3.20. The number of aryl methyl sites for hydroxylation is 1. The van der Waals surface area contributed by atoms with Gasteiger partial charge in [0.2, 0.25) is 11.8 Å². The molecule has 2 aromatic rings. The van der Waals surface area contributed by atoms with Crippen molar-refractivity contribution < 1.29 is 9.59 Å². The summed E-state index contributed by atoms with van der Waals surface area (Å²) in [6.07, 6.45) is 0.522. The van der Waals surface area contributed by atoms with E-state index in [4.69, 9.17) is 11.6 Å². The lowest BCUT2D eigenvalue weighted by molar-refractivity contribution is -0.122. The highest BCUT2D eigenvalue weighted by atomic mass is 35.5. The highest BCUT2D eigenvalue weighted by Crippen LogP contribution is 2.33. The van der Waals surface area contributed by atoms with E-state index >= 15 is 0 Å². The topological polar surface area (TPSA) is 49.4 Å². The van der Waals surface area contributed by atoms with Gasteiger partial charge < -0.3 is 5.32 Å². The van der Waals surface area contributed by atoms with Crippen molar-refractivity contribution >= 4 is 34.8 Å². The molecule has 2 amide bonds. The van der Waals surface area contributed by atoms with E-state index < -0.39 is 6.04 Å². The molecule has 1 unspecified atom stereocenters. The van der Waals surface area contributed by atoms with Gasteiger partial charge in [0.25, 0.3) is 0 Å². The first-order chi connectivity index (χ1) is 11.0. The van der Waals surface area contributed by atoms with Crippen LogP contribution < -0.4 is 10.2 Å². The number of rotatable bonds is 2. The minimum absolute atomic E-state index is 0.136. The molecule has 1 aliphatic heterocycles. The predicted molar refractivity (Wildman–Crippen MR) is 91.9 cm³/mol. The summed E-state index contributed by atoms with van der Waals surface area (Å²) in [4.78, 5) is 26.3. The highest BCUT2D eigenvalue weighted by Gasteiger charge is 2.36. The van der Waals surface area contributed by atoms with E-state index in [1.807, 2.05) is 31.2 Å². The van der Waals surface area contributed by atoms with E-state index in [-0.39, 0.29) is 11.8 Å². The predicted octanol–water partition coefficient (Wildman–Crippen LogP) is 3.56. The molecule has 118 valence electrons. The molecule has 0 radical (unpaired) electrons. The van der Waals surface area contributed by atoms with Gasteiger partial charge in [0.15, 0.2) is 0 Å². The van der Waals surface area contributed by atoms with Crippen molar-refractivity contribution in [3.05, 3.63) is 58.6 Å². The number of halogens is 1. The number of carbonyl (C=O) groups excluding carboxylic acids is 2. The number of amides is 2. The lowest BCUT2D eigenvalue weighted by Crippen LogP contribution is -2.44. The van der Waals surface area contributed by atoms with E-state index in [1.165, 1.54) is 6.92 Å². The van der Waals surface area contributed by atoms with Gasteiger partial charge in [0, 0.05) is 29.7 Å². The fraction of sp³-hybridized carbons (Fsp3) is 0.222. The van der Waals surface area contributed by atoms with Crippen LogP contribution in [-0.2, 0) is 16.0 Å². The monoisotopic (exact) mass is 328 g/mol. The van der Waals surface area contributed by atoms with Crippen LogP contribution in [0, 0.1) is 6.92 Å². The van der Waals surface area contributed by atoms with Crippen LogP contribution in [0.2, 0.25) is 5.02 Å². The third-order valence-electron chi connectivity index (χ3n) is 4.06. The summed E-state index contributed by atoms with van der Waals surface area (Å²) in [5, 5.41) is 3.53. The fourth-order valence-electron chi connectivity index (χ4n) is 2.97. The Labute approximate surface area is 140 Å². The molecule has 0 aliphatic carbocycles. The first kappa shape index (κ1) is 15.6. The molecular weight excluding hydrogens is 312 g/mol. The van der Waals surface area contributed by atoms with Crippen LogP contribution in [-0.4, -0.2) is 17.9 Å². The van der Waals surface area contributed by atoms with E-state index in [1.54, 1.807) is 23.1 Å². The van der Waals surface area contributed by atoms with Crippen LogP contribution >= 0.6 is 11.6 Å². The van der Waals surface area contributed by atoms with Crippen molar-refractivity contribution in [2.24, 2.45) is 0 Å². The summed E-state index contributed by atoms with van der Waals surface area (Å²) in [5.74, 6) is -0.329. The molecule has 1 atom stereocenters. The quantitative estimate of drug-likeness (QED) is 0.916. The van der Waals surface area contributed by atoms with Gasteiger partial charge in [-0.3, -0.25) is 14.5 Å². The van der Waals surface area contributed by atoms with Gasteiger partial charge in [-0.2, -0.15) is 0 Å². The minimum atomic E-state index is -0.528. The average Bonchev–Trinajstić information content (AvgIpc) is 2.89. The maximum Gasteiger partial charge on any atom is 0.247 e. The molecule has 23 heavy (non-hydrogen) atoms. The van der Waals surface area contributed by atoms with Crippen LogP contribution in [0.1, 0.15) is 18.1 Å². The van der Waals surface area contributed by atoms with Crippen LogP contribution in [0.15, 0.2) is 42.5 Å². The molecular formula is C18H17ClN2O2. The number of anilines is 2. The largest absolute Gasteiger partial charge is 0.324 e. The number of nitrogens with zero attached hydrogens (tertiary/aromatic N) is 1. The summed E-state index contributed by atoms with van der Waals surface area (Å²) in [5.41, 5.74) is 3.42. The standard InChI is InChI=1S/C18H17ClN2O2/c1-11-9-14(19)7-8-15(11)20-18(23)17-10-13-5-3-4-6-16(13)21(17)12(2)22/h3-9,17H,10H2,1-2H3,(H,20,23). The Morgan fingerprint density at radius 3 is 2.65 bits per heavy atom. The zero-order chi connectivity index (χ0) is 16.6. The third kappa shape index (κ3) is 2.94. The van der Waals surface area contributed by atoms with Crippen molar-refractivity contribution in [1.29, 1.82) is 0 Å². The average molecular weight is 329 g/mol. The lowest BCUT2D eigenvalue weighted by atomic mass is 10.1. The van der Waals surface area contributed by atoms with Gasteiger partial charge >= 0.3 is 0 Å². The van der Waals surface area contributed by atoms with E-state index in [9.17, 15) is 9.59 Å². The molecule has 0 spiro atoms. The van der Waals surface area contributed by atoms with Gasteiger partial charge in [-0.1, -0.05) is 29.8 Å². The zero-order valence-corrected chi connectivity index (χ0v) is 13.7. The summed E-state index contributed by atoms with van der Waals surface area (Å²) < 4.78 is 0. The normalized spacial score (nSPS) is 16.1. The minimum Gasteiger partial charge on any atom is -0.324 e.